The Balaban J connectivity index is 1.67. The van der Waals surface area contributed by atoms with Gasteiger partial charge >= 0.3 is 0 Å². The number of anilines is 1. The number of piperidine rings is 1. The molecule has 9 nitrogen and oxygen atoms in total. The predicted octanol–water partition coefficient (Wildman–Crippen LogP) is -0.154. The van der Waals surface area contributed by atoms with Crippen LogP contribution in [0.15, 0.2) is 0 Å². The van der Waals surface area contributed by atoms with E-state index < -0.39 is 114 Å². The Hall–Kier alpha value is -2.99. The molecule has 1 atom stereocenters. The summed E-state index contributed by atoms with van der Waals surface area (Å²) in [5.41, 5.74) is -4.91. The summed E-state index contributed by atoms with van der Waals surface area (Å²) in [6.45, 7) is -14.5. The molecule has 1 aromatic rings. The van der Waals surface area contributed by atoms with E-state index in [-0.39, 0.29) is 29.3 Å². The Kier molecular flexibility index (Phi) is 3.51. The molecule has 4 heterocycles. The summed E-state index contributed by atoms with van der Waals surface area (Å²) in [4.78, 5) is 49.7. The number of amides is 4. The van der Waals surface area contributed by atoms with Crippen molar-refractivity contribution in [3.05, 3.63) is 28.6 Å². The van der Waals surface area contributed by atoms with Crippen molar-refractivity contribution in [2.24, 2.45) is 5.92 Å². The van der Waals surface area contributed by atoms with Gasteiger partial charge in [-0.25, -0.2) is 13.2 Å². The molecule has 4 aliphatic heterocycles. The number of benzene rings is 1. The highest BCUT2D eigenvalue weighted by molar-refractivity contribution is 6.24. The van der Waals surface area contributed by atoms with E-state index in [0.717, 1.165) is 0 Å². The fourth-order valence-corrected chi connectivity index (χ4v) is 4.01. The van der Waals surface area contributed by atoms with Crippen molar-refractivity contribution < 1.29 is 43.3 Å². The second kappa shape index (κ2) is 8.10. The van der Waals surface area contributed by atoms with Crippen LogP contribution in [0.2, 0.25) is 0 Å². The van der Waals surface area contributed by atoms with Crippen LogP contribution in [0, 0.1) is 23.4 Å². The first kappa shape index (κ1) is 14.3. The maximum absolute atomic E-state index is 16.1. The zero-order chi connectivity index (χ0) is 30.6. The number of fused-ring (bicyclic) bond motifs is 1. The second-order valence-electron chi connectivity index (χ2n) is 7.91. The van der Waals surface area contributed by atoms with Crippen LogP contribution in [-0.2, 0) is 9.59 Å². The van der Waals surface area contributed by atoms with E-state index in [4.69, 9.17) is 11.0 Å². The quantitative estimate of drug-likeness (QED) is 0.463. The molecule has 0 radical (unpaired) electrons. The molecule has 0 aromatic heterocycles. The fourth-order valence-electron chi connectivity index (χ4n) is 4.01. The molecule has 0 saturated carbocycles. The predicted molar refractivity (Wildman–Crippen MR) is 108 cm³/mol. The molecule has 0 aliphatic carbocycles. The van der Waals surface area contributed by atoms with Crippen LogP contribution in [0.3, 0.4) is 0 Å². The highest BCUT2D eigenvalue weighted by atomic mass is 19.2. The van der Waals surface area contributed by atoms with Gasteiger partial charge in [-0.3, -0.25) is 34.3 Å². The minimum Gasteiger partial charge on any atom is -0.364 e. The molecule has 12 heteroatoms. The van der Waals surface area contributed by atoms with Gasteiger partial charge in [-0.05, 0) is 12.3 Å². The van der Waals surface area contributed by atoms with Crippen molar-refractivity contribution in [2.75, 3.05) is 50.5 Å². The lowest BCUT2D eigenvalue weighted by atomic mass is 10.0. The molecule has 2 N–H and O–H groups in total. The number of hydrogen-bond donors (Lipinski definition) is 2. The highest BCUT2D eigenvalue weighted by Crippen LogP contribution is 2.38. The van der Waals surface area contributed by atoms with E-state index in [9.17, 15) is 19.2 Å². The van der Waals surface area contributed by atoms with Crippen LogP contribution in [-0.4, -0.2) is 85.1 Å². The molecule has 3 fully saturated rings. The first-order valence-corrected chi connectivity index (χ1v) is 10.0. The summed E-state index contributed by atoms with van der Waals surface area (Å²) in [6, 6.07) is -1.71. The number of piperazine rings is 1. The van der Waals surface area contributed by atoms with Gasteiger partial charge in [0.2, 0.25) is 11.8 Å². The molecule has 4 aliphatic rings. The van der Waals surface area contributed by atoms with Crippen molar-refractivity contribution in [3.8, 4) is 0 Å². The maximum Gasteiger partial charge on any atom is 0.265 e. The lowest BCUT2D eigenvalue weighted by Gasteiger charge is -2.39. The normalized spacial score (nSPS) is 34.0. The Morgan fingerprint density at radius 2 is 1.55 bits per heavy atom. The minimum absolute atomic E-state index is 0.105. The molecular weight excluding hydrogens is 443 g/mol. The molecule has 1 aromatic carbocycles. The summed E-state index contributed by atoms with van der Waals surface area (Å²) in [6.07, 6.45) is -0.765. The Labute approximate surface area is 198 Å². The van der Waals surface area contributed by atoms with Crippen LogP contribution in [0.1, 0.15) is 44.5 Å². The molecule has 3 saturated heterocycles. The molecule has 4 amide bonds. The van der Waals surface area contributed by atoms with Gasteiger partial charge in [-0.15, -0.1) is 0 Å². The lowest BCUT2D eigenvalue weighted by Crippen LogP contribution is -2.54. The number of hydrogen-bond acceptors (Lipinski definition) is 7. The van der Waals surface area contributed by atoms with Gasteiger partial charge in [0.15, 0.2) is 17.5 Å². The van der Waals surface area contributed by atoms with Crippen molar-refractivity contribution in [1.29, 1.82) is 0 Å². The number of carbonyl (C=O) groups is 4. The minimum atomic E-state index is -3.80. The molecule has 33 heavy (non-hydrogen) atoms. The van der Waals surface area contributed by atoms with E-state index in [1.165, 1.54) is 0 Å². The smallest absolute Gasteiger partial charge is 0.265 e. The SMILES string of the molecule is [2H]C1([2H])N(CC2CNC2)C([2H])([2H])C([2H])([2H])N(c2c(F)c(F)c3c(c2F)C(=O)N(C2CCC(=O)NC2=O)C3=O)C1([2H])[2H]. The van der Waals surface area contributed by atoms with Gasteiger partial charge in [-0.2, -0.15) is 0 Å². The third kappa shape index (κ3) is 3.48. The van der Waals surface area contributed by atoms with Crippen molar-refractivity contribution in [3.63, 3.8) is 0 Å². The molecule has 5 rings (SSSR count). The van der Waals surface area contributed by atoms with Crippen molar-refractivity contribution in [1.82, 2.24) is 20.4 Å². The van der Waals surface area contributed by atoms with Crippen LogP contribution in [0.25, 0.3) is 0 Å². The molecule has 0 bridgehead atoms. The van der Waals surface area contributed by atoms with Gasteiger partial charge < -0.3 is 10.2 Å². The summed E-state index contributed by atoms with van der Waals surface area (Å²) in [5.74, 6) is -12.4. The Morgan fingerprint density at radius 3 is 2.12 bits per heavy atom. The number of rotatable bonds is 4. The lowest BCUT2D eigenvalue weighted by molar-refractivity contribution is -0.136. The standard InChI is InChI=1S/C21H22F3N5O4/c22-15-13-14(21(33)29(20(13)32)11-1-2-12(30)26-19(11)31)16(23)18(17(15)24)28-5-3-27(4-6-28)9-10-7-25-8-10/h10-11,25H,1-9H2,(H,26,30,31)/i3D2,4D2,5D2,6D2. The van der Waals surface area contributed by atoms with Crippen LogP contribution in [0.5, 0.6) is 0 Å². The average molecular weight is 473 g/mol. The monoisotopic (exact) mass is 473 g/mol. The van der Waals surface area contributed by atoms with Crippen LogP contribution < -0.4 is 15.5 Å². The van der Waals surface area contributed by atoms with Crippen molar-refractivity contribution in [2.45, 2.75) is 18.9 Å². The summed E-state index contributed by atoms with van der Waals surface area (Å²) in [7, 11) is 0. The van der Waals surface area contributed by atoms with Gasteiger partial charge in [-0.1, -0.05) is 0 Å². The Bertz CT molecular complexity index is 1380. The fraction of sp³-hybridized carbons (Fsp3) is 0.524. The Morgan fingerprint density at radius 1 is 0.909 bits per heavy atom. The maximum atomic E-state index is 16.1. The summed E-state index contributed by atoms with van der Waals surface area (Å²) >= 11 is 0. The average Bonchev–Trinajstić information content (AvgIpc) is 3.08. The van der Waals surface area contributed by atoms with E-state index in [0.29, 0.717) is 0 Å². The molecular formula is C21H22F3N5O4. The van der Waals surface area contributed by atoms with E-state index in [2.05, 4.69) is 5.32 Å². The zero-order valence-electron chi connectivity index (χ0n) is 24.8. The number of halogens is 3. The van der Waals surface area contributed by atoms with E-state index in [1.807, 2.05) is 5.32 Å². The van der Waals surface area contributed by atoms with Gasteiger partial charge in [0.05, 0.1) is 16.6 Å². The number of nitrogens with zero attached hydrogens (tertiary/aromatic N) is 3. The molecule has 1 unspecified atom stereocenters. The number of carbonyl (C=O) groups excluding carboxylic acids is 4. The molecule has 176 valence electrons. The van der Waals surface area contributed by atoms with Gasteiger partial charge in [0.25, 0.3) is 11.8 Å². The topological polar surface area (TPSA) is 102 Å². The summed E-state index contributed by atoms with van der Waals surface area (Å²) < 4.78 is 115. The van der Waals surface area contributed by atoms with E-state index >= 15 is 13.2 Å². The third-order valence-electron chi connectivity index (χ3n) is 5.81. The van der Waals surface area contributed by atoms with Crippen LogP contribution in [0.4, 0.5) is 18.9 Å². The van der Waals surface area contributed by atoms with Gasteiger partial charge in [0.1, 0.15) is 11.7 Å². The third-order valence-corrected chi connectivity index (χ3v) is 5.81. The highest BCUT2D eigenvalue weighted by Gasteiger charge is 2.49. The van der Waals surface area contributed by atoms with Crippen molar-refractivity contribution >= 4 is 29.3 Å². The van der Waals surface area contributed by atoms with Gasteiger partial charge in [0, 0.05) is 57.5 Å². The number of imide groups is 2. The van der Waals surface area contributed by atoms with E-state index in [1.54, 1.807) is 0 Å². The second-order valence-corrected chi connectivity index (χ2v) is 7.91. The van der Waals surface area contributed by atoms with Crippen LogP contribution >= 0.6 is 0 Å². The first-order valence-electron chi connectivity index (χ1n) is 14.0. The number of nitrogens with one attached hydrogen (secondary N) is 2. The largest absolute Gasteiger partial charge is 0.364 e. The zero-order valence-corrected chi connectivity index (χ0v) is 16.8. The molecule has 0 spiro atoms. The first-order chi connectivity index (χ1) is 18.8. The summed E-state index contributed by atoms with van der Waals surface area (Å²) in [5, 5.41) is 4.71.